The van der Waals surface area contributed by atoms with Crippen LogP contribution < -0.4 is 0 Å². The first-order valence-electron chi connectivity index (χ1n) is 9.84. The van der Waals surface area contributed by atoms with Crippen LogP contribution in [0.5, 0.6) is 0 Å². The van der Waals surface area contributed by atoms with Gasteiger partial charge < -0.3 is 5.11 Å². The zero-order valence-electron chi connectivity index (χ0n) is 17.3. The Bertz CT molecular complexity index is 1330. The largest absolute Gasteiger partial charge is 0.416 e. The van der Waals surface area contributed by atoms with Crippen LogP contribution in [0, 0.1) is 11.6 Å². The molecule has 1 N–H and O–H groups in total. The van der Waals surface area contributed by atoms with Gasteiger partial charge in [-0.05, 0) is 58.0 Å². The molecule has 2 aromatic heterocycles. The number of alkyl halides is 5. The first kappa shape index (κ1) is 24.3. The van der Waals surface area contributed by atoms with Crippen molar-refractivity contribution in [2.24, 2.45) is 0 Å². The average molecular weight is 497 g/mol. The second-order valence-corrected chi connectivity index (χ2v) is 7.49. The number of hydrogen-bond acceptors (Lipinski definition) is 5. The molecule has 35 heavy (non-hydrogen) atoms. The molecule has 0 spiro atoms. The highest BCUT2D eigenvalue weighted by atomic mass is 19.4. The average Bonchev–Trinajstić information content (AvgIpc) is 3.33. The van der Waals surface area contributed by atoms with Crippen LogP contribution in [0.2, 0.25) is 0 Å². The molecule has 4 rings (SSSR count). The van der Waals surface area contributed by atoms with Crippen molar-refractivity contribution in [1.82, 2.24) is 25.2 Å². The molecule has 2 atom stereocenters. The number of aliphatic hydroxyl groups is 1. The lowest BCUT2D eigenvalue weighted by molar-refractivity contribution is -0.137. The Kier molecular flexibility index (Phi) is 6.28. The summed E-state index contributed by atoms with van der Waals surface area (Å²) < 4.78 is 97.1. The second kappa shape index (κ2) is 9.06. The number of hydrogen-bond donors (Lipinski definition) is 1. The van der Waals surface area contributed by atoms with Crippen molar-refractivity contribution in [2.45, 2.75) is 24.2 Å². The van der Waals surface area contributed by atoms with Gasteiger partial charge in [-0.15, -0.1) is 5.10 Å². The van der Waals surface area contributed by atoms with E-state index in [4.69, 9.17) is 0 Å². The lowest BCUT2D eigenvalue weighted by atomic mass is 9.83. The minimum absolute atomic E-state index is 0.0764. The summed E-state index contributed by atoms with van der Waals surface area (Å²) >= 11 is 0. The van der Waals surface area contributed by atoms with E-state index in [1.165, 1.54) is 18.2 Å². The van der Waals surface area contributed by atoms with Gasteiger partial charge in [0.05, 0.1) is 11.3 Å². The minimum atomic E-state index is -4.63. The lowest BCUT2D eigenvalue weighted by Gasteiger charge is -2.35. The van der Waals surface area contributed by atoms with Crippen LogP contribution in [0.25, 0.3) is 11.1 Å². The van der Waals surface area contributed by atoms with Gasteiger partial charge in [-0.3, -0.25) is 4.98 Å². The van der Waals surface area contributed by atoms with Gasteiger partial charge >= 0.3 is 6.18 Å². The molecule has 6 nitrogen and oxygen atoms in total. The van der Waals surface area contributed by atoms with Crippen molar-refractivity contribution in [1.29, 1.82) is 0 Å². The highest BCUT2D eigenvalue weighted by Crippen LogP contribution is 2.43. The Balaban J connectivity index is 1.91. The number of nitrogens with zero attached hydrogens (tertiary/aromatic N) is 5. The molecule has 0 aliphatic carbocycles. The van der Waals surface area contributed by atoms with Crippen molar-refractivity contribution in [3.05, 3.63) is 95.6 Å². The third-order valence-electron chi connectivity index (χ3n) is 5.33. The third kappa shape index (κ3) is 4.58. The van der Waals surface area contributed by atoms with E-state index in [-0.39, 0.29) is 16.8 Å². The van der Waals surface area contributed by atoms with Gasteiger partial charge in [0.25, 0.3) is 6.43 Å². The SMILES string of the molecule is OC(c1ccc(F)cc1F)(C(F)F)C(c1cc(-c2cccc(C(F)(F)F)c2)ccn1)n1cnnn1. The van der Waals surface area contributed by atoms with Gasteiger partial charge in [0.1, 0.15) is 24.0 Å². The van der Waals surface area contributed by atoms with Crippen LogP contribution in [0.15, 0.2) is 67.1 Å². The van der Waals surface area contributed by atoms with E-state index < -0.39 is 47.0 Å². The van der Waals surface area contributed by atoms with Gasteiger partial charge in [0.2, 0.25) is 0 Å². The fourth-order valence-corrected chi connectivity index (χ4v) is 3.70. The molecule has 0 radical (unpaired) electrons. The Morgan fingerprint density at radius 1 is 0.914 bits per heavy atom. The topological polar surface area (TPSA) is 76.7 Å². The van der Waals surface area contributed by atoms with E-state index >= 15 is 0 Å². The molecule has 2 unspecified atom stereocenters. The Labute approximate surface area is 192 Å². The molecule has 0 aliphatic rings. The Morgan fingerprint density at radius 2 is 1.66 bits per heavy atom. The van der Waals surface area contributed by atoms with Crippen molar-refractivity contribution in [3.8, 4) is 11.1 Å². The summed E-state index contributed by atoms with van der Waals surface area (Å²) in [5, 5.41) is 21.5. The number of tetrazole rings is 1. The third-order valence-corrected chi connectivity index (χ3v) is 5.33. The summed E-state index contributed by atoms with van der Waals surface area (Å²) in [5.74, 6) is -2.52. The maximum Gasteiger partial charge on any atom is 0.416 e. The van der Waals surface area contributed by atoms with E-state index in [0.29, 0.717) is 22.9 Å². The molecule has 0 saturated heterocycles. The smallest absolute Gasteiger partial charge is 0.377 e. The quantitative estimate of drug-likeness (QED) is 0.389. The first-order valence-corrected chi connectivity index (χ1v) is 9.84. The van der Waals surface area contributed by atoms with Gasteiger partial charge in [0.15, 0.2) is 5.60 Å². The lowest BCUT2D eigenvalue weighted by Crippen LogP contribution is -2.45. The highest BCUT2D eigenvalue weighted by Gasteiger charge is 2.52. The van der Waals surface area contributed by atoms with E-state index in [9.17, 15) is 35.8 Å². The predicted molar refractivity (Wildman–Crippen MR) is 107 cm³/mol. The van der Waals surface area contributed by atoms with Gasteiger partial charge in [-0.25, -0.2) is 22.2 Å². The predicted octanol–water partition coefficient (Wildman–Crippen LogP) is 4.77. The van der Waals surface area contributed by atoms with Crippen LogP contribution in [0.1, 0.15) is 22.9 Å². The number of rotatable bonds is 6. The van der Waals surface area contributed by atoms with Crippen LogP contribution in [0.4, 0.5) is 30.7 Å². The minimum Gasteiger partial charge on any atom is -0.377 e. The maximum atomic E-state index is 14.6. The van der Waals surface area contributed by atoms with Crippen molar-refractivity contribution in [3.63, 3.8) is 0 Å². The zero-order valence-corrected chi connectivity index (χ0v) is 17.3. The standard InChI is InChI=1S/C22H14F7N5O/c23-15-4-5-16(17(24)10-15)21(35,20(25)26)19(34-11-31-32-33-34)18-9-13(6-7-30-18)12-2-1-3-14(8-12)22(27,28)29/h1-11,19-20,35H. The summed E-state index contributed by atoms with van der Waals surface area (Å²) in [6.45, 7) is 0. The normalized spacial score (nSPS) is 14.7. The number of pyridine rings is 1. The molecule has 2 aromatic carbocycles. The molecule has 13 heteroatoms. The maximum absolute atomic E-state index is 14.6. The molecular formula is C22H14F7N5O. The summed E-state index contributed by atoms with van der Waals surface area (Å²) in [7, 11) is 0. The number of aromatic nitrogens is 5. The van der Waals surface area contributed by atoms with Crippen LogP contribution >= 0.6 is 0 Å². The summed E-state index contributed by atoms with van der Waals surface area (Å²) in [6.07, 6.45) is -6.29. The summed E-state index contributed by atoms with van der Waals surface area (Å²) in [6, 6.07) is 6.44. The fraction of sp³-hybridized carbons (Fsp3) is 0.182. The number of benzene rings is 2. The molecule has 0 amide bonds. The number of halogens is 7. The Hall–Kier alpha value is -3.87. The van der Waals surface area contributed by atoms with Crippen LogP contribution in [-0.4, -0.2) is 36.7 Å². The molecule has 182 valence electrons. The first-order chi connectivity index (χ1) is 16.5. The molecule has 0 bridgehead atoms. The Morgan fingerprint density at radius 3 is 2.29 bits per heavy atom. The van der Waals surface area contributed by atoms with Gasteiger partial charge in [-0.1, -0.05) is 12.1 Å². The zero-order chi connectivity index (χ0) is 25.4. The van der Waals surface area contributed by atoms with Crippen LogP contribution in [0.3, 0.4) is 0 Å². The van der Waals surface area contributed by atoms with Gasteiger partial charge in [-0.2, -0.15) is 13.2 Å². The molecule has 4 aromatic rings. The molecule has 2 heterocycles. The van der Waals surface area contributed by atoms with Crippen molar-refractivity contribution in [2.75, 3.05) is 0 Å². The molecule has 0 fully saturated rings. The van der Waals surface area contributed by atoms with Crippen molar-refractivity contribution >= 4 is 0 Å². The molecule has 0 saturated carbocycles. The van der Waals surface area contributed by atoms with E-state index in [1.807, 2.05) is 0 Å². The summed E-state index contributed by atoms with van der Waals surface area (Å²) in [4.78, 5) is 3.99. The van der Waals surface area contributed by atoms with E-state index in [1.54, 1.807) is 0 Å². The van der Waals surface area contributed by atoms with Crippen LogP contribution in [-0.2, 0) is 11.8 Å². The fourth-order valence-electron chi connectivity index (χ4n) is 3.70. The highest BCUT2D eigenvalue weighted by molar-refractivity contribution is 5.64. The molecule has 0 aliphatic heterocycles. The molecular weight excluding hydrogens is 483 g/mol. The van der Waals surface area contributed by atoms with E-state index in [2.05, 4.69) is 20.5 Å². The van der Waals surface area contributed by atoms with Gasteiger partial charge in [0, 0.05) is 17.8 Å². The van der Waals surface area contributed by atoms with Crippen molar-refractivity contribution < 1.29 is 35.8 Å². The van der Waals surface area contributed by atoms with E-state index in [0.717, 1.165) is 30.7 Å². The summed E-state index contributed by atoms with van der Waals surface area (Å²) in [5.41, 5.74) is -5.36. The second-order valence-electron chi connectivity index (χ2n) is 7.49. The monoisotopic (exact) mass is 497 g/mol.